The van der Waals surface area contributed by atoms with Gasteiger partial charge in [0.05, 0.1) is 12.5 Å². The van der Waals surface area contributed by atoms with Gasteiger partial charge in [-0.25, -0.2) is 0 Å². The maximum absolute atomic E-state index is 11.8. The molecule has 0 aromatic carbocycles. The Kier molecular flexibility index (Phi) is 4.55. The molecule has 0 aromatic heterocycles. The largest absolute Gasteiger partial charge is 0.481 e. The van der Waals surface area contributed by atoms with Crippen molar-refractivity contribution < 1.29 is 14.7 Å². The Morgan fingerprint density at radius 3 is 2.73 bits per heavy atom. The molecular weight excluding hydrogens is 196 g/mol. The number of nitrogens with zero attached hydrogens (tertiary/aromatic N) is 1. The Balaban J connectivity index is 2.33. The first-order valence-electron chi connectivity index (χ1n) is 5.31. The molecule has 1 atom stereocenters. The van der Waals surface area contributed by atoms with Crippen molar-refractivity contribution in [1.82, 2.24) is 10.2 Å². The number of hydrogen-bond donors (Lipinski definition) is 2. The highest BCUT2D eigenvalue weighted by atomic mass is 16.4. The summed E-state index contributed by atoms with van der Waals surface area (Å²) >= 11 is 0. The molecule has 0 radical (unpaired) electrons. The van der Waals surface area contributed by atoms with Gasteiger partial charge in [-0.1, -0.05) is 6.42 Å². The third-order valence-corrected chi connectivity index (χ3v) is 2.65. The van der Waals surface area contributed by atoms with Crippen molar-refractivity contribution in [1.29, 1.82) is 0 Å². The van der Waals surface area contributed by atoms with Crippen molar-refractivity contribution in [3.05, 3.63) is 0 Å². The molecule has 1 aliphatic heterocycles. The number of carboxylic acids is 1. The molecular formula is C10H18N2O3. The van der Waals surface area contributed by atoms with E-state index >= 15 is 0 Å². The number of carbonyl (C=O) groups is 2. The molecule has 1 amide bonds. The normalized spacial score (nSPS) is 21.0. The van der Waals surface area contributed by atoms with Gasteiger partial charge in [-0.15, -0.1) is 0 Å². The summed E-state index contributed by atoms with van der Waals surface area (Å²) in [5, 5.41) is 11.6. The van der Waals surface area contributed by atoms with Crippen LogP contribution in [-0.2, 0) is 9.59 Å². The third-order valence-electron chi connectivity index (χ3n) is 2.65. The summed E-state index contributed by atoms with van der Waals surface area (Å²) in [5.41, 5.74) is 0. The SMILES string of the molecule is CN(CCC(=O)O)C(=O)[C@@H]1CCCCN1. The Labute approximate surface area is 89.4 Å². The highest BCUT2D eigenvalue weighted by Gasteiger charge is 2.23. The van der Waals surface area contributed by atoms with Gasteiger partial charge < -0.3 is 15.3 Å². The second kappa shape index (κ2) is 5.70. The van der Waals surface area contributed by atoms with Gasteiger partial charge in [0.1, 0.15) is 0 Å². The van der Waals surface area contributed by atoms with Crippen LogP contribution in [0.4, 0.5) is 0 Å². The fourth-order valence-corrected chi connectivity index (χ4v) is 1.70. The minimum atomic E-state index is -0.869. The van der Waals surface area contributed by atoms with Gasteiger partial charge in [-0.3, -0.25) is 9.59 Å². The number of amides is 1. The molecule has 0 spiro atoms. The van der Waals surface area contributed by atoms with E-state index in [1.54, 1.807) is 7.05 Å². The molecule has 0 bridgehead atoms. The first kappa shape index (κ1) is 12.0. The molecule has 0 aliphatic carbocycles. The lowest BCUT2D eigenvalue weighted by Crippen LogP contribution is -2.47. The zero-order chi connectivity index (χ0) is 11.3. The van der Waals surface area contributed by atoms with Crippen molar-refractivity contribution in [3.8, 4) is 0 Å². The van der Waals surface area contributed by atoms with E-state index in [9.17, 15) is 9.59 Å². The Morgan fingerprint density at radius 2 is 2.20 bits per heavy atom. The lowest BCUT2D eigenvalue weighted by Gasteiger charge is -2.27. The number of hydrogen-bond acceptors (Lipinski definition) is 3. The van der Waals surface area contributed by atoms with Crippen LogP contribution in [0, 0.1) is 0 Å². The summed E-state index contributed by atoms with van der Waals surface area (Å²) in [4.78, 5) is 23.6. The molecule has 0 unspecified atom stereocenters. The van der Waals surface area contributed by atoms with Gasteiger partial charge in [0.2, 0.25) is 5.91 Å². The predicted molar refractivity (Wildman–Crippen MR) is 55.5 cm³/mol. The average molecular weight is 214 g/mol. The molecule has 1 heterocycles. The molecule has 2 N–H and O–H groups in total. The highest BCUT2D eigenvalue weighted by molar-refractivity contribution is 5.82. The van der Waals surface area contributed by atoms with E-state index in [0.717, 1.165) is 25.8 Å². The summed E-state index contributed by atoms with van der Waals surface area (Å²) in [7, 11) is 1.65. The van der Waals surface area contributed by atoms with Crippen LogP contribution in [0.15, 0.2) is 0 Å². The lowest BCUT2D eigenvalue weighted by molar-refractivity contribution is -0.138. The second-order valence-corrected chi connectivity index (χ2v) is 3.91. The standard InChI is InChI=1S/C10H18N2O3/c1-12(7-5-9(13)14)10(15)8-4-2-3-6-11-8/h8,11H,2-7H2,1H3,(H,13,14)/t8-/m0/s1. The Bertz CT molecular complexity index is 237. The van der Waals surface area contributed by atoms with Crippen LogP contribution in [0.2, 0.25) is 0 Å². The number of aliphatic carboxylic acids is 1. The Morgan fingerprint density at radius 1 is 1.47 bits per heavy atom. The molecule has 1 fully saturated rings. The van der Waals surface area contributed by atoms with Crippen LogP contribution in [0.1, 0.15) is 25.7 Å². The minimum Gasteiger partial charge on any atom is -0.481 e. The van der Waals surface area contributed by atoms with E-state index in [1.165, 1.54) is 4.90 Å². The second-order valence-electron chi connectivity index (χ2n) is 3.91. The average Bonchev–Trinajstić information content (AvgIpc) is 2.26. The molecule has 5 nitrogen and oxygen atoms in total. The molecule has 15 heavy (non-hydrogen) atoms. The smallest absolute Gasteiger partial charge is 0.305 e. The third kappa shape index (κ3) is 3.87. The fourth-order valence-electron chi connectivity index (χ4n) is 1.70. The van der Waals surface area contributed by atoms with Crippen molar-refractivity contribution in [2.45, 2.75) is 31.7 Å². The number of carbonyl (C=O) groups excluding carboxylic acids is 1. The first-order chi connectivity index (χ1) is 7.11. The van der Waals surface area contributed by atoms with E-state index in [2.05, 4.69) is 5.32 Å². The molecule has 0 aromatic rings. The van der Waals surface area contributed by atoms with Crippen molar-refractivity contribution in [2.24, 2.45) is 0 Å². The fraction of sp³-hybridized carbons (Fsp3) is 0.800. The summed E-state index contributed by atoms with van der Waals surface area (Å²) in [6.45, 7) is 1.16. The minimum absolute atomic E-state index is 0.00889. The zero-order valence-electron chi connectivity index (χ0n) is 9.03. The van der Waals surface area contributed by atoms with Gasteiger partial charge in [-0.05, 0) is 19.4 Å². The Hall–Kier alpha value is -1.10. The maximum atomic E-state index is 11.8. The summed E-state index contributed by atoms with van der Waals surface area (Å²) in [6.07, 6.45) is 3.05. The quantitative estimate of drug-likeness (QED) is 0.694. The molecule has 5 heteroatoms. The molecule has 86 valence electrons. The summed E-state index contributed by atoms with van der Waals surface area (Å²) in [6, 6.07) is -0.113. The van der Waals surface area contributed by atoms with Gasteiger partial charge in [0, 0.05) is 13.6 Å². The van der Waals surface area contributed by atoms with Crippen LogP contribution in [0.25, 0.3) is 0 Å². The topological polar surface area (TPSA) is 69.6 Å². The zero-order valence-corrected chi connectivity index (χ0v) is 9.03. The molecule has 1 aliphatic rings. The van der Waals surface area contributed by atoms with Crippen LogP contribution >= 0.6 is 0 Å². The highest BCUT2D eigenvalue weighted by Crippen LogP contribution is 2.09. The number of carboxylic acid groups (broad SMARTS) is 1. The predicted octanol–water partition coefficient (Wildman–Crippen LogP) is 0.0616. The number of piperidine rings is 1. The van der Waals surface area contributed by atoms with Crippen LogP contribution < -0.4 is 5.32 Å². The molecule has 1 rings (SSSR count). The summed E-state index contributed by atoms with van der Waals surface area (Å²) in [5.74, 6) is -0.859. The van der Waals surface area contributed by atoms with E-state index in [0.29, 0.717) is 0 Å². The van der Waals surface area contributed by atoms with E-state index in [-0.39, 0.29) is 24.9 Å². The first-order valence-corrected chi connectivity index (χ1v) is 5.31. The van der Waals surface area contributed by atoms with Gasteiger partial charge in [0.15, 0.2) is 0 Å². The van der Waals surface area contributed by atoms with E-state index in [4.69, 9.17) is 5.11 Å². The summed E-state index contributed by atoms with van der Waals surface area (Å²) < 4.78 is 0. The molecule has 1 saturated heterocycles. The van der Waals surface area contributed by atoms with Crippen molar-refractivity contribution in [2.75, 3.05) is 20.1 Å². The van der Waals surface area contributed by atoms with Crippen molar-refractivity contribution >= 4 is 11.9 Å². The number of likely N-dealkylation sites (N-methyl/N-ethyl adjacent to an activating group) is 1. The van der Waals surface area contributed by atoms with Crippen LogP contribution in [-0.4, -0.2) is 48.1 Å². The number of nitrogens with one attached hydrogen (secondary N) is 1. The van der Waals surface area contributed by atoms with Gasteiger partial charge in [0.25, 0.3) is 0 Å². The molecule has 0 saturated carbocycles. The van der Waals surface area contributed by atoms with Gasteiger partial charge >= 0.3 is 5.97 Å². The van der Waals surface area contributed by atoms with Gasteiger partial charge in [-0.2, -0.15) is 0 Å². The maximum Gasteiger partial charge on any atom is 0.305 e. The van der Waals surface area contributed by atoms with Crippen LogP contribution in [0.5, 0.6) is 0 Å². The van der Waals surface area contributed by atoms with Crippen molar-refractivity contribution in [3.63, 3.8) is 0 Å². The number of rotatable bonds is 4. The van der Waals surface area contributed by atoms with Crippen LogP contribution in [0.3, 0.4) is 0 Å². The van der Waals surface area contributed by atoms with E-state index in [1.807, 2.05) is 0 Å². The lowest BCUT2D eigenvalue weighted by atomic mass is 10.0. The van der Waals surface area contributed by atoms with E-state index < -0.39 is 5.97 Å². The monoisotopic (exact) mass is 214 g/mol.